The lowest BCUT2D eigenvalue weighted by Crippen LogP contribution is -2.08. The molecular weight excluding hydrogens is 346 g/mol. The molecule has 3 aromatic rings. The van der Waals surface area contributed by atoms with E-state index in [2.05, 4.69) is 25.0 Å². The van der Waals surface area contributed by atoms with Crippen molar-refractivity contribution in [1.29, 1.82) is 0 Å². The molecule has 0 atom stereocenters. The van der Waals surface area contributed by atoms with Crippen molar-refractivity contribution in [1.82, 2.24) is 29.7 Å². The molecule has 0 fully saturated rings. The predicted molar refractivity (Wildman–Crippen MR) is 108 cm³/mol. The van der Waals surface area contributed by atoms with Crippen LogP contribution in [0, 0.1) is 18.5 Å². The largest absolute Gasteiger partial charge is 0.335 e. The highest BCUT2D eigenvalue weighted by molar-refractivity contribution is 7.71. The van der Waals surface area contributed by atoms with Crippen LogP contribution < -0.4 is 5.73 Å². The summed E-state index contributed by atoms with van der Waals surface area (Å²) in [6.07, 6.45) is 6.82. The number of nitrogens with one attached hydrogen (secondary N) is 1. The number of H-pyrrole nitrogens is 1. The summed E-state index contributed by atoms with van der Waals surface area (Å²) < 4.78 is 2.36. The van der Waals surface area contributed by atoms with Gasteiger partial charge in [-0.15, -0.1) is 0 Å². The van der Waals surface area contributed by atoms with Gasteiger partial charge < -0.3 is 10.7 Å². The molecule has 0 radical (unpaired) electrons. The number of hydrogen-bond acceptors (Lipinski definition) is 6. The molecule has 3 rings (SSSR count). The van der Waals surface area contributed by atoms with Crippen LogP contribution in [-0.2, 0) is 6.54 Å². The van der Waals surface area contributed by atoms with Gasteiger partial charge in [-0.2, -0.15) is 5.10 Å². The van der Waals surface area contributed by atoms with E-state index in [4.69, 9.17) is 18.0 Å². The van der Waals surface area contributed by atoms with Gasteiger partial charge in [-0.1, -0.05) is 39.9 Å². The first-order valence-electron chi connectivity index (χ1n) is 8.72. The van der Waals surface area contributed by atoms with Crippen LogP contribution in [0.4, 0.5) is 0 Å². The number of aromatic amines is 1. The van der Waals surface area contributed by atoms with Gasteiger partial charge in [0.25, 0.3) is 0 Å². The summed E-state index contributed by atoms with van der Waals surface area (Å²) in [7, 11) is 0. The van der Waals surface area contributed by atoms with Crippen molar-refractivity contribution in [2.75, 3.05) is 0 Å². The number of hydrogen-bond donors (Lipinski definition) is 2. The molecule has 0 aliphatic heterocycles. The summed E-state index contributed by atoms with van der Waals surface area (Å²) in [5.74, 6) is 0.778. The Morgan fingerprint density at radius 3 is 2.38 bits per heavy atom. The van der Waals surface area contributed by atoms with Crippen molar-refractivity contribution in [2.45, 2.75) is 48.1 Å². The van der Waals surface area contributed by atoms with Crippen LogP contribution in [0.5, 0.6) is 0 Å². The second-order valence-corrected chi connectivity index (χ2v) is 5.25. The summed E-state index contributed by atoms with van der Waals surface area (Å²) in [5, 5.41) is 4.52. The van der Waals surface area contributed by atoms with Gasteiger partial charge >= 0.3 is 0 Å². The van der Waals surface area contributed by atoms with Crippen LogP contribution in [0.15, 0.2) is 24.9 Å². The third-order valence-electron chi connectivity index (χ3n) is 3.33. The number of aromatic nitrogens is 6. The Morgan fingerprint density at radius 2 is 1.77 bits per heavy atom. The molecule has 0 aliphatic carbocycles. The highest BCUT2D eigenvalue weighted by Gasteiger charge is 2.13. The Morgan fingerprint density at radius 1 is 1.08 bits per heavy atom. The lowest BCUT2D eigenvalue weighted by Gasteiger charge is -2.05. The minimum Gasteiger partial charge on any atom is -0.335 e. The molecule has 0 saturated carbocycles. The average Bonchev–Trinajstić information content (AvgIpc) is 3.06. The molecule has 3 heterocycles. The zero-order chi connectivity index (χ0) is 19.7. The molecule has 0 unspecified atom stereocenters. The fourth-order valence-corrected chi connectivity index (χ4v) is 2.53. The average molecular weight is 374 g/mol. The Labute approximate surface area is 159 Å². The van der Waals surface area contributed by atoms with Gasteiger partial charge in [-0.25, -0.2) is 19.6 Å². The number of rotatable bonds is 3. The molecule has 0 amide bonds. The topological polar surface area (TPSA) is 98.3 Å². The predicted octanol–water partition coefficient (Wildman–Crippen LogP) is 3.91. The van der Waals surface area contributed by atoms with E-state index in [9.17, 15) is 0 Å². The maximum atomic E-state index is 5.72. The number of aryl methyl sites for hydroxylation is 2. The van der Waals surface area contributed by atoms with E-state index in [0.29, 0.717) is 11.2 Å². The summed E-state index contributed by atoms with van der Waals surface area (Å²) >= 11 is 5.38. The first kappa shape index (κ1) is 21.6. The Kier molecular flexibility index (Phi) is 8.74. The fourth-order valence-electron chi connectivity index (χ4n) is 2.22. The van der Waals surface area contributed by atoms with E-state index in [-0.39, 0.29) is 0 Å². The zero-order valence-electron chi connectivity index (χ0n) is 16.2. The second kappa shape index (κ2) is 10.5. The Hall–Kier alpha value is -2.45. The third-order valence-corrected chi connectivity index (χ3v) is 3.65. The van der Waals surface area contributed by atoms with Crippen molar-refractivity contribution in [3.63, 3.8) is 0 Å². The lowest BCUT2D eigenvalue weighted by atomic mass is 10.1. The normalized spacial score (nSPS) is 9.65. The van der Waals surface area contributed by atoms with Crippen LogP contribution in [0.1, 0.15) is 44.9 Å². The quantitative estimate of drug-likeness (QED) is 0.675. The molecule has 3 aromatic heterocycles. The molecule has 140 valence electrons. The van der Waals surface area contributed by atoms with Crippen LogP contribution in [0.2, 0.25) is 0 Å². The first-order chi connectivity index (χ1) is 12.6. The van der Waals surface area contributed by atoms with Crippen molar-refractivity contribution >= 4 is 12.2 Å². The summed E-state index contributed by atoms with van der Waals surface area (Å²) in [6, 6.07) is 0. The minimum atomic E-state index is 0.318. The second-order valence-electron chi connectivity index (χ2n) is 4.84. The SMILES string of the molecule is CC.CC.Cc1ncc(-c2cn(-c3cncnc3CN)nc2C)c(=S)[nH]1. The summed E-state index contributed by atoms with van der Waals surface area (Å²) in [6.45, 7) is 12.1. The molecule has 8 heteroatoms. The molecule has 26 heavy (non-hydrogen) atoms. The molecule has 3 N–H and O–H groups in total. The van der Waals surface area contributed by atoms with Crippen molar-refractivity contribution in [2.24, 2.45) is 5.73 Å². The minimum absolute atomic E-state index is 0.318. The van der Waals surface area contributed by atoms with E-state index < -0.39 is 0 Å². The molecule has 0 bridgehead atoms. The van der Waals surface area contributed by atoms with Gasteiger partial charge in [0.1, 0.15) is 22.5 Å². The lowest BCUT2D eigenvalue weighted by molar-refractivity contribution is 0.815. The van der Waals surface area contributed by atoms with E-state index in [1.807, 2.05) is 47.7 Å². The van der Waals surface area contributed by atoms with E-state index in [1.165, 1.54) is 6.33 Å². The van der Waals surface area contributed by atoms with E-state index >= 15 is 0 Å². The molecule has 0 aromatic carbocycles. The van der Waals surface area contributed by atoms with Crippen LogP contribution >= 0.6 is 12.2 Å². The zero-order valence-corrected chi connectivity index (χ0v) is 17.1. The Balaban J connectivity index is 0.000000791. The van der Waals surface area contributed by atoms with Gasteiger partial charge in [0.15, 0.2) is 0 Å². The monoisotopic (exact) mass is 373 g/mol. The van der Waals surface area contributed by atoms with Crippen LogP contribution in [0.3, 0.4) is 0 Å². The van der Waals surface area contributed by atoms with Gasteiger partial charge in [-0.05, 0) is 13.8 Å². The molecule has 0 spiro atoms. The fraction of sp³-hybridized carbons (Fsp3) is 0.389. The maximum Gasteiger partial charge on any atom is 0.115 e. The highest BCUT2D eigenvalue weighted by Crippen LogP contribution is 2.24. The molecule has 0 saturated heterocycles. The highest BCUT2D eigenvalue weighted by atomic mass is 32.1. The summed E-state index contributed by atoms with van der Waals surface area (Å²) in [4.78, 5) is 15.5. The van der Waals surface area contributed by atoms with Gasteiger partial charge in [-0.3, -0.25) is 0 Å². The number of nitrogens with two attached hydrogens (primary N) is 1. The van der Waals surface area contributed by atoms with Crippen molar-refractivity contribution in [3.8, 4) is 16.8 Å². The molecule has 0 aliphatic rings. The maximum absolute atomic E-state index is 5.72. The Bertz CT molecular complexity index is 883. The molecule has 7 nitrogen and oxygen atoms in total. The van der Waals surface area contributed by atoms with E-state index in [0.717, 1.165) is 34.0 Å². The standard InChI is InChI=1S/C14H15N7S.2C2H6/c1-8-11(10-4-17-9(2)19-14(10)22)6-21(20-8)13-5-16-7-18-12(13)3-15;2*1-2/h4-7H,3,15H2,1-2H3,(H,17,19,22);2*1-2H3. The summed E-state index contributed by atoms with van der Waals surface area (Å²) in [5.41, 5.74) is 9.82. The molecular formula is C18H27N7S. The van der Waals surface area contributed by atoms with Crippen molar-refractivity contribution < 1.29 is 0 Å². The van der Waals surface area contributed by atoms with Gasteiger partial charge in [0.2, 0.25) is 0 Å². The smallest absolute Gasteiger partial charge is 0.115 e. The van der Waals surface area contributed by atoms with Crippen LogP contribution in [-0.4, -0.2) is 29.7 Å². The van der Waals surface area contributed by atoms with Gasteiger partial charge in [0, 0.05) is 30.1 Å². The van der Waals surface area contributed by atoms with E-state index in [1.54, 1.807) is 17.1 Å². The van der Waals surface area contributed by atoms with Crippen LogP contribution in [0.25, 0.3) is 16.8 Å². The van der Waals surface area contributed by atoms with Gasteiger partial charge in [0.05, 0.1) is 17.6 Å². The first-order valence-corrected chi connectivity index (χ1v) is 9.13. The number of nitrogens with zero attached hydrogens (tertiary/aromatic N) is 5. The van der Waals surface area contributed by atoms with Crippen molar-refractivity contribution in [3.05, 3.63) is 46.8 Å². The third kappa shape index (κ3) is 4.80.